The van der Waals surface area contributed by atoms with Gasteiger partial charge in [0.25, 0.3) is 0 Å². The van der Waals surface area contributed by atoms with Crippen LogP contribution >= 0.6 is 15.4 Å². The van der Waals surface area contributed by atoms with Crippen molar-refractivity contribution >= 4 is 23.3 Å². The molecule has 5 atom stereocenters. The SMILES string of the molecule is B[C@@H]1O[C@H](COP(C)(=O)OP(=O)(O)O)[C@@H](O)[C@H]1O. The molecule has 1 rings (SSSR count). The smallest absolute Gasteiger partial charge is 0.388 e. The number of phosphoric acid groups is 1. The molecule has 1 heterocycles. The zero-order chi connectivity index (χ0) is 14.1. The Morgan fingerprint density at radius 3 is 2.22 bits per heavy atom. The van der Waals surface area contributed by atoms with Crippen LogP contribution in [0.15, 0.2) is 0 Å². The van der Waals surface area contributed by atoms with Crippen LogP contribution in [0.1, 0.15) is 0 Å². The number of aliphatic hydroxyl groups is 2. The molecule has 0 radical (unpaired) electrons. The Labute approximate surface area is 104 Å². The van der Waals surface area contributed by atoms with E-state index in [1.807, 2.05) is 0 Å². The fraction of sp³-hybridized carbons (Fsp3) is 1.00. The van der Waals surface area contributed by atoms with Crippen molar-refractivity contribution in [1.82, 2.24) is 0 Å². The maximum absolute atomic E-state index is 11.5. The predicted octanol–water partition coefficient (Wildman–Crippen LogP) is -1.99. The van der Waals surface area contributed by atoms with Crippen molar-refractivity contribution in [2.24, 2.45) is 0 Å². The molecule has 9 nitrogen and oxygen atoms in total. The first-order valence-corrected chi connectivity index (χ1v) is 8.54. The Hall–Kier alpha value is 0.245. The van der Waals surface area contributed by atoms with E-state index in [0.29, 0.717) is 0 Å². The van der Waals surface area contributed by atoms with E-state index in [-0.39, 0.29) is 0 Å². The van der Waals surface area contributed by atoms with Gasteiger partial charge in [0.2, 0.25) is 0 Å². The second-order valence-corrected chi connectivity index (χ2v) is 7.44. The standard InChI is InChI=1S/C6H15BO9P2/c1-17(10,16-18(11,12)13)14-2-3-4(8)5(9)6(7)15-3/h3-6,8-9H,2,7H2,1H3,(H2,11,12,13)/t3-,4-,5-,6-,17?/m1/s1. The van der Waals surface area contributed by atoms with E-state index in [1.54, 1.807) is 0 Å². The van der Waals surface area contributed by atoms with Crippen LogP contribution in [0.3, 0.4) is 0 Å². The van der Waals surface area contributed by atoms with Crippen LogP contribution in [-0.4, -0.2) is 65.4 Å². The van der Waals surface area contributed by atoms with Gasteiger partial charge in [0, 0.05) is 6.66 Å². The molecule has 18 heavy (non-hydrogen) atoms. The maximum atomic E-state index is 11.5. The third-order valence-electron chi connectivity index (χ3n) is 2.33. The van der Waals surface area contributed by atoms with Crippen LogP contribution in [0.25, 0.3) is 0 Å². The van der Waals surface area contributed by atoms with Gasteiger partial charge in [-0.25, -0.2) is 8.88 Å². The second-order valence-electron chi connectivity index (χ2n) is 4.00. The first-order chi connectivity index (χ1) is 8.02. The second kappa shape index (κ2) is 5.70. The molecule has 0 aromatic heterocycles. The van der Waals surface area contributed by atoms with Gasteiger partial charge in [-0.2, -0.15) is 0 Å². The monoisotopic (exact) mass is 304 g/mol. The fourth-order valence-electron chi connectivity index (χ4n) is 1.50. The summed E-state index contributed by atoms with van der Waals surface area (Å²) in [5, 5.41) is 18.9. The van der Waals surface area contributed by atoms with Gasteiger partial charge in [0.05, 0.1) is 12.6 Å². The third kappa shape index (κ3) is 4.73. The van der Waals surface area contributed by atoms with Crippen molar-refractivity contribution < 1.29 is 42.7 Å². The Morgan fingerprint density at radius 1 is 1.28 bits per heavy atom. The molecule has 0 saturated carbocycles. The summed E-state index contributed by atoms with van der Waals surface area (Å²) in [6.45, 7) is 0.462. The number of hydrogen-bond donors (Lipinski definition) is 4. The molecule has 1 unspecified atom stereocenters. The molecule has 0 aromatic carbocycles. The Balaban J connectivity index is 2.51. The van der Waals surface area contributed by atoms with Crippen LogP contribution < -0.4 is 0 Å². The summed E-state index contributed by atoms with van der Waals surface area (Å²) in [5.74, 6) is 0. The van der Waals surface area contributed by atoms with Crippen LogP contribution in [-0.2, 0) is 22.7 Å². The highest BCUT2D eigenvalue weighted by Crippen LogP contribution is 2.58. The normalized spacial score (nSPS) is 36.5. The first-order valence-electron chi connectivity index (χ1n) is 5.02. The van der Waals surface area contributed by atoms with E-state index in [9.17, 15) is 19.3 Å². The first kappa shape index (κ1) is 16.3. The molecular weight excluding hydrogens is 289 g/mol. The van der Waals surface area contributed by atoms with Gasteiger partial charge in [0.1, 0.15) is 26.2 Å². The van der Waals surface area contributed by atoms with Crippen LogP contribution in [0, 0.1) is 0 Å². The number of hydrogen-bond acceptors (Lipinski definition) is 7. The molecule has 0 aromatic rings. The molecule has 1 aliphatic rings. The third-order valence-corrected chi connectivity index (χ3v) is 4.98. The molecule has 106 valence electrons. The summed E-state index contributed by atoms with van der Waals surface area (Å²) in [7, 11) is -7.36. The lowest BCUT2D eigenvalue weighted by atomic mass is 9.93. The van der Waals surface area contributed by atoms with Crippen molar-refractivity contribution in [3.05, 3.63) is 0 Å². The molecule has 1 saturated heterocycles. The van der Waals surface area contributed by atoms with Crippen LogP contribution in [0.2, 0.25) is 0 Å². The predicted molar refractivity (Wildman–Crippen MR) is 61.8 cm³/mol. The quantitative estimate of drug-likeness (QED) is 0.335. The molecule has 0 bridgehead atoms. The van der Waals surface area contributed by atoms with E-state index < -0.39 is 46.3 Å². The Kier molecular flexibility index (Phi) is 5.17. The lowest BCUT2D eigenvalue weighted by Crippen LogP contribution is -2.34. The zero-order valence-electron chi connectivity index (χ0n) is 9.74. The molecule has 0 amide bonds. The zero-order valence-corrected chi connectivity index (χ0v) is 11.5. The van der Waals surface area contributed by atoms with Crippen molar-refractivity contribution in [2.75, 3.05) is 13.3 Å². The molecule has 0 spiro atoms. The summed E-state index contributed by atoms with van der Waals surface area (Å²) in [6.07, 6.45) is -3.27. The Bertz CT molecular complexity index is 383. The highest BCUT2D eigenvalue weighted by atomic mass is 31.3. The van der Waals surface area contributed by atoms with Crippen molar-refractivity contribution in [3.63, 3.8) is 0 Å². The van der Waals surface area contributed by atoms with Gasteiger partial charge < -0.3 is 29.3 Å². The minimum absolute atomic E-state index is 0.420. The summed E-state index contributed by atoms with van der Waals surface area (Å²) in [5.41, 5.74) is 0. The summed E-state index contributed by atoms with van der Waals surface area (Å²) >= 11 is 0. The van der Waals surface area contributed by atoms with Gasteiger partial charge in [-0.1, -0.05) is 0 Å². The number of ether oxygens (including phenoxy) is 1. The van der Waals surface area contributed by atoms with Crippen molar-refractivity contribution in [1.29, 1.82) is 0 Å². The lowest BCUT2D eigenvalue weighted by molar-refractivity contribution is -0.00439. The average Bonchev–Trinajstić information content (AvgIpc) is 2.39. The number of rotatable bonds is 5. The van der Waals surface area contributed by atoms with Crippen LogP contribution in [0.5, 0.6) is 0 Å². The minimum Gasteiger partial charge on any atom is -0.388 e. The van der Waals surface area contributed by atoms with E-state index in [1.165, 1.54) is 7.85 Å². The molecule has 12 heteroatoms. The number of aliphatic hydroxyl groups excluding tert-OH is 2. The topological polar surface area (TPSA) is 143 Å². The summed E-state index contributed by atoms with van der Waals surface area (Å²) in [4.78, 5) is 17.0. The molecule has 0 aliphatic carbocycles. The van der Waals surface area contributed by atoms with Crippen LogP contribution in [0.4, 0.5) is 0 Å². The van der Waals surface area contributed by atoms with E-state index in [4.69, 9.17) is 19.0 Å². The van der Waals surface area contributed by atoms with Crippen molar-refractivity contribution in [3.8, 4) is 0 Å². The van der Waals surface area contributed by atoms with E-state index >= 15 is 0 Å². The highest BCUT2D eigenvalue weighted by Gasteiger charge is 2.41. The van der Waals surface area contributed by atoms with Gasteiger partial charge >= 0.3 is 15.4 Å². The Morgan fingerprint density at radius 2 is 1.83 bits per heavy atom. The average molecular weight is 304 g/mol. The van der Waals surface area contributed by atoms with E-state index in [0.717, 1.165) is 6.66 Å². The highest BCUT2D eigenvalue weighted by molar-refractivity contribution is 7.63. The minimum atomic E-state index is -4.93. The summed E-state index contributed by atoms with van der Waals surface area (Å²) in [6, 6.07) is -0.618. The maximum Gasteiger partial charge on any atom is 0.476 e. The lowest BCUT2D eigenvalue weighted by Gasteiger charge is -2.18. The van der Waals surface area contributed by atoms with Gasteiger partial charge in [0.15, 0.2) is 0 Å². The van der Waals surface area contributed by atoms with E-state index in [2.05, 4.69) is 4.31 Å². The van der Waals surface area contributed by atoms with Gasteiger partial charge in [-0.15, -0.1) is 0 Å². The molecule has 1 aliphatic heterocycles. The van der Waals surface area contributed by atoms with Gasteiger partial charge in [-0.05, 0) is 0 Å². The molecule has 1 fully saturated rings. The van der Waals surface area contributed by atoms with Gasteiger partial charge in [-0.3, -0.25) is 4.57 Å². The molecule has 4 N–H and O–H groups in total. The fourth-order valence-corrected chi connectivity index (χ4v) is 3.65. The van der Waals surface area contributed by atoms with Crippen molar-refractivity contribution in [2.45, 2.75) is 24.3 Å². The summed E-state index contributed by atoms with van der Waals surface area (Å²) < 4.78 is 35.8. The molecular formula is C6H15BO9P2. The largest absolute Gasteiger partial charge is 0.476 e.